The summed E-state index contributed by atoms with van der Waals surface area (Å²) in [6.45, 7) is 1.38. The molecule has 0 radical (unpaired) electrons. The van der Waals surface area contributed by atoms with Gasteiger partial charge in [-0.1, -0.05) is 42.5 Å². The number of alkyl halides is 6. The molecule has 1 atom stereocenters. The first-order valence-electron chi connectivity index (χ1n) is 14.0. The molecule has 1 aromatic heterocycles. The lowest BCUT2D eigenvalue weighted by Crippen LogP contribution is -2.31. The maximum absolute atomic E-state index is 14.1. The van der Waals surface area contributed by atoms with E-state index in [-0.39, 0.29) is 48.9 Å². The number of carbonyl (C=O) groups is 2. The number of benzene rings is 3. The summed E-state index contributed by atoms with van der Waals surface area (Å²) in [6.07, 6.45) is -9.71. The summed E-state index contributed by atoms with van der Waals surface area (Å²) in [5.41, 5.74) is -1.54. The first kappa shape index (κ1) is 32.4. The quantitative estimate of drug-likeness (QED) is 0.159. The molecular weight excluding hydrogens is 618 g/mol. The third-order valence-corrected chi connectivity index (χ3v) is 7.40. The highest BCUT2D eigenvalue weighted by molar-refractivity contribution is 6.01. The lowest BCUT2D eigenvalue weighted by atomic mass is 10.1. The van der Waals surface area contributed by atoms with Gasteiger partial charge < -0.3 is 19.7 Å². The fourth-order valence-corrected chi connectivity index (χ4v) is 5.15. The van der Waals surface area contributed by atoms with Crippen LogP contribution in [0.15, 0.2) is 72.8 Å². The highest BCUT2D eigenvalue weighted by atomic mass is 19.4. The molecule has 14 heteroatoms. The Labute approximate surface area is 259 Å². The zero-order valence-corrected chi connectivity index (χ0v) is 24.6. The van der Waals surface area contributed by atoms with Crippen molar-refractivity contribution in [2.24, 2.45) is 0 Å². The number of halogens is 6. The Morgan fingerprint density at radius 2 is 1.61 bits per heavy atom. The van der Waals surface area contributed by atoms with Crippen molar-refractivity contribution in [1.82, 2.24) is 15.1 Å². The van der Waals surface area contributed by atoms with Gasteiger partial charge in [0.1, 0.15) is 23.7 Å². The lowest BCUT2D eigenvalue weighted by molar-refractivity contribution is -0.142. The van der Waals surface area contributed by atoms with Gasteiger partial charge in [-0.3, -0.25) is 4.79 Å². The Kier molecular flexibility index (Phi) is 8.99. The van der Waals surface area contributed by atoms with Crippen LogP contribution in [-0.4, -0.2) is 35.3 Å². The number of anilines is 1. The summed E-state index contributed by atoms with van der Waals surface area (Å²) >= 11 is 0. The second-order valence-corrected chi connectivity index (χ2v) is 10.6. The van der Waals surface area contributed by atoms with Gasteiger partial charge in [0.15, 0.2) is 5.69 Å². The molecule has 3 aromatic carbocycles. The van der Waals surface area contributed by atoms with E-state index in [1.54, 1.807) is 37.3 Å². The van der Waals surface area contributed by atoms with E-state index < -0.39 is 47.1 Å². The number of aromatic nitrogens is 2. The van der Waals surface area contributed by atoms with E-state index in [4.69, 9.17) is 4.74 Å². The van der Waals surface area contributed by atoms with Crippen LogP contribution < -0.4 is 15.0 Å². The molecule has 0 bridgehead atoms. The highest BCUT2D eigenvalue weighted by Crippen LogP contribution is 2.40. The average molecular weight is 647 g/mol. The van der Waals surface area contributed by atoms with Crippen LogP contribution in [0.4, 0.5) is 32.2 Å². The number of ether oxygens (including phenoxy) is 2. The molecule has 1 N–H and O–H groups in total. The zero-order chi connectivity index (χ0) is 33.2. The SMILES string of the molecule is COC(=O)c1ccc([C@H](C)NC(=O)c2c(C(F)(F)F)nn3c2N(Cc2cc(OCc4ccccc4)cc(C(F)(F)F)c2)CC3)cc1. The number of hydrogen-bond donors (Lipinski definition) is 1. The summed E-state index contributed by atoms with van der Waals surface area (Å²) in [4.78, 5) is 26.6. The number of rotatable bonds is 9. The van der Waals surface area contributed by atoms with E-state index in [9.17, 15) is 35.9 Å². The fraction of sp³-hybridized carbons (Fsp3) is 0.281. The van der Waals surface area contributed by atoms with Gasteiger partial charge in [0.25, 0.3) is 5.91 Å². The van der Waals surface area contributed by atoms with Crippen LogP contribution in [0, 0.1) is 0 Å². The maximum atomic E-state index is 14.1. The molecule has 0 fully saturated rings. The third kappa shape index (κ3) is 7.11. The van der Waals surface area contributed by atoms with Crippen molar-refractivity contribution in [3.05, 3.63) is 112 Å². The second kappa shape index (κ2) is 12.8. The van der Waals surface area contributed by atoms with Crippen molar-refractivity contribution in [3.63, 3.8) is 0 Å². The molecule has 4 aromatic rings. The van der Waals surface area contributed by atoms with E-state index in [2.05, 4.69) is 15.2 Å². The van der Waals surface area contributed by atoms with Gasteiger partial charge in [-0.05, 0) is 53.9 Å². The molecule has 0 spiro atoms. The van der Waals surface area contributed by atoms with E-state index in [0.29, 0.717) is 5.56 Å². The molecule has 0 saturated carbocycles. The van der Waals surface area contributed by atoms with Gasteiger partial charge in [-0.25, -0.2) is 9.48 Å². The fourth-order valence-electron chi connectivity index (χ4n) is 5.15. The first-order valence-corrected chi connectivity index (χ1v) is 14.0. The van der Waals surface area contributed by atoms with Gasteiger partial charge in [-0.15, -0.1) is 0 Å². The van der Waals surface area contributed by atoms with Crippen LogP contribution in [0.5, 0.6) is 5.75 Å². The van der Waals surface area contributed by atoms with Crippen molar-refractivity contribution < 1.29 is 45.4 Å². The zero-order valence-electron chi connectivity index (χ0n) is 24.6. The van der Waals surface area contributed by atoms with Gasteiger partial charge in [-0.2, -0.15) is 31.4 Å². The molecule has 242 valence electrons. The largest absolute Gasteiger partial charge is 0.489 e. The summed E-state index contributed by atoms with van der Waals surface area (Å²) in [6, 6.07) is 17.2. The Hall–Kier alpha value is -5.01. The van der Waals surface area contributed by atoms with Crippen LogP contribution in [0.2, 0.25) is 0 Å². The molecule has 0 aliphatic carbocycles. The number of nitrogens with one attached hydrogen (secondary N) is 1. The molecule has 8 nitrogen and oxygen atoms in total. The maximum Gasteiger partial charge on any atom is 0.436 e. The standard InChI is InChI=1S/C32H28F6N4O4/c1-19(22-8-10-23(11-9-22)30(44)45-2)39-28(43)26-27(32(36,37)38)40-42-13-12-41(29(26)42)17-21-14-24(31(33,34)35)16-25(15-21)46-18-20-6-4-3-5-7-20/h3-11,14-16,19H,12-13,17-18H2,1-2H3,(H,39,43)/t19-/m0/s1. The van der Waals surface area contributed by atoms with Crippen molar-refractivity contribution in [3.8, 4) is 5.75 Å². The minimum Gasteiger partial charge on any atom is -0.489 e. The molecule has 1 amide bonds. The highest BCUT2D eigenvalue weighted by Gasteiger charge is 2.44. The molecule has 46 heavy (non-hydrogen) atoms. The van der Waals surface area contributed by atoms with Gasteiger partial charge in [0, 0.05) is 13.1 Å². The Balaban J connectivity index is 1.43. The molecule has 2 heterocycles. The third-order valence-electron chi connectivity index (χ3n) is 7.40. The Morgan fingerprint density at radius 1 is 0.913 bits per heavy atom. The summed E-state index contributed by atoms with van der Waals surface area (Å²) in [5, 5.41) is 6.22. The smallest absolute Gasteiger partial charge is 0.436 e. The predicted octanol–water partition coefficient (Wildman–Crippen LogP) is 6.80. The number of esters is 1. The first-order chi connectivity index (χ1) is 21.7. The average Bonchev–Trinajstić information content (AvgIpc) is 3.60. The van der Waals surface area contributed by atoms with E-state index in [1.807, 2.05) is 0 Å². The number of amides is 1. The van der Waals surface area contributed by atoms with Crippen molar-refractivity contribution in [2.45, 2.75) is 45.0 Å². The van der Waals surface area contributed by atoms with Crippen LogP contribution >= 0.6 is 0 Å². The second-order valence-electron chi connectivity index (χ2n) is 10.6. The minimum atomic E-state index is -4.99. The minimum absolute atomic E-state index is 0.000930. The Bertz CT molecular complexity index is 1720. The van der Waals surface area contributed by atoms with Crippen molar-refractivity contribution in [2.75, 3.05) is 18.6 Å². The normalized spacial score (nSPS) is 13.7. The van der Waals surface area contributed by atoms with Gasteiger partial charge in [0.05, 0.1) is 30.8 Å². The summed E-state index contributed by atoms with van der Waals surface area (Å²) in [7, 11) is 1.22. The van der Waals surface area contributed by atoms with Crippen molar-refractivity contribution >= 4 is 17.7 Å². The number of nitrogens with zero attached hydrogens (tertiary/aromatic N) is 3. The van der Waals surface area contributed by atoms with E-state index >= 15 is 0 Å². The van der Waals surface area contributed by atoms with Gasteiger partial charge >= 0.3 is 18.3 Å². The molecule has 1 aliphatic rings. The molecule has 1 aliphatic heterocycles. The number of fused-ring (bicyclic) bond motifs is 1. The van der Waals surface area contributed by atoms with Gasteiger partial charge in [0.2, 0.25) is 0 Å². The van der Waals surface area contributed by atoms with Crippen molar-refractivity contribution in [1.29, 1.82) is 0 Å². The van der Waals surface area contributed by atoms with Crippen LogP contribution in [0.3, 0.4) is 0 Å². The number of methoxy groups -OCH3 is 1. The van der Waals surface area contributed by atoms with E-state index in [1.165, 1.54) is 42.3 Å². The van der Waals surface area contributed by atoms with Crippen LogP contribution in [-0.2, 0) is 36.8 Å². The Morgan fingerprint density at radius 3 is 2.24 bits per heavy atom. The van der Waals surface area contributed by atoms with E-state index in [0.717, 1.165) is 22.4 Å². The molecule has 0 saturated heterocycles. The van der Waals surface area contributed by atoms with Crippen LogP contribution in [0.25, 0.3) is 0 Å². The number of carbonyl (C=O) groups excluding carboxylic acids is 2. The van der Waals surface area contributed by atoms with Crippen LogP contribution in [0.1, 0.15) is 61.6 Å². The predicted molar refractivity (Wildman–Crippen MR) is 154 cm³/mol. The molecule has 5 rings (SSSR count). The lowest BCUT2D eigenvalue weighted by Gasteiger charge is -2.22. The molecule has 0 unspecified atom stereocenters. The molecular formula is C32H28F6N4O4. The topological polar surface area (TPSA) is 85.7 Å². The number of hydrogen-bond acceptors (Lipinski definition) is 6. The monoisotopic (exact) mass is 646 g/mol. The summed E-state index contributed by atoms with van der Waals surface area (Å²) in [5.74, 6) is -1.88. The summed E-state index contributed by atoms with van der Waals surface area (Å²) < 4.78 is 95.2.